The number of aliphatic hydroxyl groups is 11. The van der Waals surface area contributed by atoms with Gasteiger partial charge in [0.05, 0.1) is 38.6 Å². The maximum absolute atomic E-state index is 13.5. The van der Waals surface area contributed by atoms with Crippen LogP contribution in [0.15, 0.2) is 122 Å². The monoisotopic (exact) mass is 1400 g/mol. The van der Waals surface area contributed by atoms with Gasteiger partial charge in [-0.2, -0.15) is 0 Å². The van der Waals surface area contributed by atoms with Gasteiger partial charge in [-0.25, -0.2) is 0 Å². The summed E-state index contributed by atoms with van der Waals surface area (Å²) in [6, 6.07) is -1.00. The summed E-state index contributed by atoms with van der Waals surface area (Å²) < 4.78 is 34.4. The van der Waals surface area contributed by atoms with Crippen LogP contribution < -0.4 is 5.32 Å². The number of carbonyl (C=O) groups excluding carboxylic acids is 1. The van der Waals surface area contributed by atoms with Crippen molar-refractivity contribution in [3.63, 3.8) is 0 Å². The summed E-state index contributed by atoms with van der Waals surface area (Å²) in [6.45, 7) is 1.60. The first kappa shape index (κ1) is 89.4. The smallest absolute Gasteiger partial charge is 0.220 e. The molecule has 17 unspecified atom stereocenters. The lowest BCUT2D eigenvalue weighted by molar-refractivity contribution is -0.379. The van der Waals surface area contributed by atoms with Gasteiger partial charge in [-0.1, -0.05) is 264 Å². The van der Waals surface area contributed by atoms with Gasteiger partial charge in [0.2, 0.25) is 5.91 Å². The van der Waals surface area contributed by atoms with Crippen molar-refractivity contribution >= 4 is 5.91 Å². The Hall–Kier alpha value is -3.81. The van der Waals surface area contributed by atoms with Gasteiger partial charge in [0, 0.05) is 6.42 Å². The molecule has 0 spiro atoms. The van der Waals surface area contributed by atoms with Crippen LogP contribution in [0, 0.1) is 0 Å². The minimum Gasteiger partial charge on any atom is -0.394 e. The van der Waals surface area contributed by atoms with Crippen molar-refractivity contribution in [3.8, 4) is 0 Å². The van der Waals surface area contributed by atoms with Crippen molar-refractivity contribution < 1.29 is 89.4 Å². The van der Waals surface area contributed by atoms with Gasteiger partial charge in [0.1, 0.15) is 73.2 Å². The van der Waals surface area contributed by atoms with Crippen LogP contribution in [-0.4, -0.2) is 193 Å². The molecule has 0 bridgehead atoms. The van der Waals surface area contributed by atoms with Gasteiger partial charge in [-0.05, 0) is 96.3 Å². The quantitative estimate of drug-likeness (QED) is 0.0199. The van der Waals surface area contributed by atoms with E-state index in [2.05, 4.69) is 129 Å². The van der Waals surface area contributed by atoms with Gasteiger partial charge < -0.3 is 89.9 Å². The SMILES string of the molecule is CC/C=C\C/C=C\C/C=C\C/C=C\C/C=C\C/C=C\C/C=C\C/C=C\CCCCCCCCCCC(=O)NC(COC1OC(CO)C(OC2OC(CO)C(OC3OC(CO)C(O)C(O)C3O)C(O)C2O)C(O)C1O)C(O)/C=C/CC/C=C/CCCCCCCCCCCCCCCCC. The Bertz CT molecular complexity index is 2260. The molecule has 19 nitrogen and oxygen atoms in total. The van der Waals surface area contributed by atoms with Crippen molar-refractivity contribution in [2.45, 2.75) is 349 Å². The maximum atomic E-state index is 13.5. The Balaban J connectivity index is 1.41. The standard InChI is InChI=1S/C80H135NO18/c1-3-5-7-9-11-13-15-17-19-21-23-25-26-27-28-29-30-31-32-33-34-35-36-38-40-42-44-46-48-50-52-54-56-58-68(86)81-63(64(85)57-55-53-51-49-47-45-43-41-39-37-24-22-20-18-16-14-12-10-8-6-4-2)62-94-78-74(92)71(89)76(66(60-83)96-78)99-80-75(93)72(90)77(67(61-84)97-80)98-79-73(91)70(88)69(87)65(59-82)95-79/h5,7,11,13,17,19,23,25,27-28,30-31,33-34,36,38,47,49,55,57,63-67,69-80,82-85,87-93H,3-4,6,8-10,12,14-16,18,20-22,24,26,29,32,35,37,39-46,48,50-54,56,58-62H2,1-2H3,(H,81,86)/b7-5-,13-11-,19-17-,25-23-,28-27-,31-30-,34-33-,38-36-,49-47+,57-55+. The molecule has 99 heavy (non-hydrogen) atoms. The third-order valence-electron chi connectivity index (χ3n) is 18.2. The van der Waals surface area contributed by atoms with Crippen molar-refractivity contribution in [3.05, 3.63) is 122 Å². The van der Waals surface area contributed by atoms with Crippen LogP contribution >= 0.6 is 0 Å². The molecule has 3 aliphatic heterocycles. The zero-order valence-corrected chi connectivity index (χ0v) is 60.4. The fraction of sp³-hybridized carbons (Fsp3) is 0.738. The van der Waals surface area contributed by atoms with E-state index in [4.69, 9.17) is 28.4 Å². The second kappa shape index (κ2) is 59.6. The third-order valence-corrected chi connectivity index (χ3v) is 18.2. The highest BCUT2D eigenvalue weighted by Gasteiger charge is 2.53. The number of ether oxygens (including phenoxy) is 6. The number of hydrogen-bond acceptors (Lipinski definition) is 18. The van der Waals surface area contributed by atoms with Gasteiger partial charge in [-0.3, -0.25) is 4.79 Å². The van der Waals surface area contributed by atoms with E-state index in [0.717, 1.165) is 116 Å². The average Bonchev–Trinajstić information content (AvgIpc) is 0.761. The van der Waals surface area contributed by atoms with Gasteiger partial charge in [0.15, 0.2) is 18.9 Å². The van der Waals surface area contributed by atoms with E-state index in [1.165, 1.54) is 96.3 Å². The first-order valence-corrected chi connectivity index (χ1v) is 38.3. The zero-order chi connectivity index (χ0) is 71.8. The highest BCUT2D eigenvalue weighted by molar-refractivity contribution is 5.76. The minimum atomic E-state index is -1.99. The Kier molecular flexibility index (Phi) is 53.8. The van der Waals surface area contributed by atoms with Crippen molar-refractivity contribution in [2.75, 3.05) is 26.4 Å². The lowest BCUT2D eigenvalue weighted by Gasteiger charge is -2.48. The zero-order valence-electron chi connectivity index (χ0n) is 60.4. The fourth-order valence-electron chi connectivity index (χ4n) is 12.1. The maximum Gasteiger partial charge on any atom is 0.220 e. The van der Waals surface area contributed by atoms with Crippen molar-refractivity contribution in [1.29, 1.82) is 0 Å². The molecule has 0 aromatic rings. The number of nitrogens with one attached hydrogen (secondary N) is 1. The van der Waals surface area contributed by atoms with Crippen LogP contribution in [0.25, 0.3) is 0 Å². The van der Waals surface area contributed by atoms with Gasteiger partial charge in [0.25, 0.3) is 0 Å². The molecule has 3 aliphatic rings. The number of carbonyl (C=O) groups is 1. The predicted molar refractivity (Wildman–Crippen MR) is 392 cm³/mol. The molecule has 3 heterocycles. The molecule has 19 heteroatoms. The molecule has 0 radical (unpaired) electrons. The lowest BCUT2D eigenvalue weighted by atomic mass is 9.96. The molecule has 0 saturated carbocycles. The predicted octanol–water partition coefficient (Wildman–Crippen LogP) is 11.9. The fourth-order valence-corrected chi connectivity index (χ4v) is 12.1. The third kappa shape index (κ3) is 40.2. The topological polar surface area (TPSA) is 307 Å². The van der Waals surface area contributed by atoms with Crippen LogP contribution in [-0.2, 0) is 33.2 Å². The van der Waals surface area contributed by atoms with E-state index < -0.39 is 124 Å². The molecule has 1 amide bonds. The average molecular weight is 1400 g/mol. The van der Waals surface area contributed by atoms with E-state index in [1.54, 1.807) is 6.08 Å². The molecule has 3 rings (SSSR count). The molecule has 3 saturated heterocycles. The number of allylic oxidation sites excluding steroid dienone is 19. The van der Waals surface area contributed by atoms with Crippen LogP contribution in [0.1, 0.15) is 245 Å². The Morgan fingerprint density at radius 3 is 1.13 bits per heavy atom. The summed E-state index contributed by atoms with van der Waals surface area (Å²) in [7, 11) is 0. The number of amides is 1. The van der Waals surface area contributed by atoms with Crippen LogP contribution in [0.5, 0.6) is 0 Å². The largest absolute Gasteiger partial charge is 0.394 e. The van der Waals surface area contributed by atoms with Crippen molar-refractivity contribution in [2.24, 2.45) is 0 Å². The Morgan fingerprint density at radius 2 is 0.707 bits per heavy atom. The molecule has 12 N–H and O–H groups in total. The first-order chi connectivity index (χ1) is 48.3. The van der Waals surface area contributed by atoms with E-state index >= 15 is 0 Å². The molecular formula is C80H135NO18. The van der Waals surface area contributed by atoms with Gasteiger partial charge >= 0.3 is 0 Å². The van der Waals surface area contributed by atoms with E-state index in [0.29, 0.717) is 12.8 Å². The summed E-state index contributed by atoms with van der Waals surface area (Å²) in [4.78, 5) is 13.5. The highest BCUT2D eigenvalue weighted by atomic mass is 16.8. The minimum absolute atomic E-state index is 0.218. The van der Waals surface area contributed by atoms with Crippen LogP contribution in [0.3, 0.4) is 0 Å². The molecule has 0 aliphatic carbocycles. The first-order valence-electron chi connectivity index (χ1n) is 38.3. The molecule has 3 fully saturated rings. The highest BCUT2D eigenvalue weighted by Crippen LogP contribution is 2.33. The molecular weight excluding hydrogens is 1260 g/mol. The normalized spacial score (nSPS) is 27.3. The second-order valence-electron chi connectivity index (χ2n) is 26.7. The summed E-state index contributed by atoms with van der Waals surface area (Å²) in [5, 5.41) is 121. The Labute approximate surface area is 595 Å². The second-order valence-corrected chi connectivity index (χ2v) is 26.7. The van der Waals surface area contributed by atoms with Crippen LogP contribution in [0.2, 0.25) is 0 Å². The molecule has 0 aromatic heterocycles. The Morgan fingerprint density at radius 1 is 0.374 bits per heavy atom. The van der Waals surface area contributed by atoms with E-state index in [1.807, 2.05) is 6.08 Å². The molecule has 568 valence electrons. The number of aliphatic hydroxyl groups excluding tert-OH is 11. The summed E-state index contributed by atoms with van der Waals surface area (Å²) in [5.41, 5.74) is 0. The lowest BCUT2D eigenvalue weighted by Crippen LogP contribution is -2.66. The summed E-state index contributed by atoms with van der Waals surface area (Å²) in [6.07, 6.45) is 56.0. The number of unbranched alkanes of at least 4 members (excludes halogenated alkanes) is 24. The molecule has 0 aromatic carbocycles. The summed E-state index contributed by atoms with van der Waals surface area (Å²) in [5.74, 6) is -0.298. The summed E-state index contributed by atoms with van der Waals surface area (Å²) >= 11 is 0. The van der Waals surface area contributed by atoms with Crippen molar-refractivity contribution in [1.82, 2.24) is 5.32 Å². The van der Waals surface area contributed by atoms with E-state index in [-0.39, 0.29) is 18.9 Å². The number of hydrogen-bond donors (Lipinski definition) is 12. The van der Waals surface area contributed by atoms with Crippen LogP contribution in [0.4, 0.5) is 0 Å². The number of rotatable bonds is 58. The molecule has 17 atom stereocenters. The van der Waals surface area contributed by atoms with Gasteiger partial charge in [-0.15, -0.1) is 0 Å². The van der Waals surface area contributed by atoms with E-state index in [9.17, 15) is 61.0 Å².